The molecule has 0 atom stereocenters. The van der Waals surface area contributed by atoms with Crippen LogP contribution in [0.25, 0.3) is 54.0 Å². The van der Waals surface area contributed by atoms with Gasteiger partial charge in [0, 0.05) is 47.5 Å². The average molecular weight is 768 g/mol. The van der Waals surface area contributed by atoms with Gasteiger partial charge in [-0.2, -0.15) is 0 Å². The van der Waals surface area contributed by atoms with E-state index >= 15 is 0 Å². The van der Waals surface area contributed by atoms with E-state index in [0.717, 1.165) is 43.5 Å². The van der Waals surface area contributed by atoms with Gasteiger partial charge in [0.05, 0.1) is 11.3 Å². The maximum Gasteiger partial charge on any atom is 0.216 e. The Morgan fingerprint density at radius 2 is 1.65 bits per heavy atom. The molecule has 4 heterocycles. The Labute approximate surface area is 270 Å². The molecule has 5 nitrogen and oxygen atoms in total. The number of carbonyl (C=O) groups excluding carboxylic acids is 1. The molecule has 0 saturated heterocycles. The Morgan fingerprint density at radius 1 is 0.953 bits per heavy atom. The quantitative estimate of drug-likeness (QED) is 0.107. The van der Waals surface area contributed by atoms with Crippen LogP contribution in [0, 0.1) is 13.0 Å². The van der Waals surface area contributed by atoms with Crippen molar-refractivity contribution in [3.63, 3.8) is 0 Å². The van der Waals surface area contributed by atoms with Crippen molar-refractivity contribution in [1.29, 1.82) is 0 Å². The number of aryl methyl sites for hydroxylation is 1. The summed E-state index contributed by atoms with van der Waals surface area (Å²) in [7, 11) is 0. The summed E-state index contributed by atoms with van der Waals surface area (Å²) in [6, 6.07) is 24.7. The second-order valence-corrected chi connectivity index (χ2v) is 12.3. The van der Waals surface area contributed by atoms with Crippen LogP contribution >= 0.6 is 11.3 Å². The van der Waals surface area contributed by atoms with Gasteiger partial charge in [-0.25, -0.2) is 4.98 Å². The molecule has 2 aromatic carbocycles. The minimum atomic E-state index is -0.125. The molecule has 0 amide bonds. The Kier molecular flexibility index (Phi) is 10.0. The molecule has 0 bridgehead atoms. The van der Waals surface area contributed by atoms with E-state index in [2.05, 4.69) is 81.2 Å². The number of pyridine rings is 2. The number of thiophene rings is 1. The van der Waals surface area contributed by atoms with Gasteiger partial charge in [0.2, 0.25) is 5.71 Å². The fraction of sp³-hybridized carbons (Fsp3) is 0.250. The predicted octanol–water partition coefficient (Wildman–Crippen LogP) is 10.3. The molecule has 0 saturated carbocycles. The van der Waals surface area contributed by atoms with Gasteiger partial charge in [-0.1, -0.05) is 69.0 Å². The molecule has 0 aliphatic carbocycles. The molecule has 0 unspecified atom stereocenters. The standard InChI is InChI=1S/C31H27N2OS.C5H8O2.Ir/c1-17(2)21-8-6-9-22(18(3)4)28(21)27-16-20-13-15-26(33-31(20)35-27)25-11-7-10-23-24-14-12-19(5)32-30(24)34-29(23)25;1-4(6)3-5(2)7;/h6-10,12-18H,1-5H3;3,6H,1-2H3;/q-1;;/b;4-3-;. The number of hydrogen-bond donors (Lipinski definition) is 1. The van der Waals surface area contributed by atoms with Gasteiger partial charge in [-0.3, -0.25) is 9.78 Å². The van der Waals surface area contributed by atoms with Crippen molar-refractivity contribution in [2.45, 2.75) is 60.3 Å². The van der Waals surface area contributed by atoms with E-state index < -0.39 is 0 Å². The number of hydrogen-bond acceptors (Lipinski definition) is 6. The third-order valence-corrected chi connectivity index (χ3v) is 8.17. The summed E-state index contributed by atoms with van der Waals surface area (Å²) in [6.45, 7) is 13.9. The minimum absolute atomic E-state index is 0. The van der Waals surface area contributed by atoms with Crippen LogP contribution in [0.4, 0.5) is 0 Å². The van der Waals surface area contributed by atoms with Gasteiger partial charge in [0.1, 0.15) is 4.83 Å². The number of rotatable bonds is 5. The smallest absolute Gasteiger partial charge is 0.216 e. The summed E-state index contributed by atoms with van der Waals surface area (Å²) in [4.78, 5) is 22.0. The van der Waals surface area contributed by atoms with Gasteiger partial charge >= 0.3 is 0 Å². The molecule has 0 aliphatic heterocycles. The number of nitrogens with zero attached hydrogens (tertiary/aromatic N) is 2. The second kappa shape index (κ2) is 13.3. The largest absolute Gasteiger partial charge is 0.512 e. The van der Waals surface area contributed by atoms with Crippen LogP contribution in [-0.2, 0) is 24.9 Å². The summed E-state index contributed by atoms with van der Waals surface area (Å²) in [5.74, 6) is 0.845. The number of furan rings is 1. The molecule has 0 fully saturated rings. The topological polar surface area (TPSA) is 76.2 Å². The Bertz CT molecular complexity index is 1940. The number of benzene rings is 2. The Balaban J connectivity index is 0.000000475. The van der Waals surface area contributed by atoms with Crippen LogP contribution in [0.5, 0.6) is 0 Å². The van der Waals surface area contributed by atoms with Crippen LogP contribution in [-0.4, -0.2) is 20.9 Å². The van der Waals surface area contributed by atoms with Crippen LogP contribution in [0.1, 0.15) is 70.2 Å². The van der Waals surface area contributed by atoms with Gasteiger partial charge in [-0.15, -0.1) is 29.5 Å². The van der Waals surface area contributed by atoms with Crippen LogP contribution in [0.2, 0.25) is 0 Å². The fourth-order valence-corrected chi connectivity index (χ4v) is 6.34. The Morgan fingerprint density at radius 3 is 2.26 bits per heavy atom. The molecule has 1 N–H and O–H groups in total. The first-order valence-electron chi connectivity index (χ1n) is 14.2. The summed E-state index contributed by atoms with van der Waals surface area (Å²) in [5, 5.41) is 11.6. The first-order valence-corrected chi connectivity index (χ1v) is 15.0. The molecule has 7 heteroatoms. The number of fused-ring (bicyclic) bond motifs is 4. The first kappa shape index (κ1) is 32.3. The van der Waals surface area contributed by atoms with Crippen LogP contribution in [0.15, 0.2) is 76.9 Å². The normalized spacial score (nSPS) is 11.7. The Hall–Kier alpha value is -3.64. The molecule has 6 aromatic rings. The minimum Gasteiger partial charge on any atom is -0.512 e. The molecular formula is C36H35IrN2O3S-. The third kappa shape index (κ3) is 6.80. The van der Waals surface area contributed by atoms with E-state index in [1.54, 1.807) is 11.3 Å². The molecule has 6 rings (SSSR count). The van der Waals surface area contributed by atoms with Gasteiger partial charge in [-0.05, 0) is 73.2 Å². The summed E-state index contributed by atoms with van der Waals surface area (Å²) >= 11 is 1.77. The SMILES string of the molecule is CC(=O)/C=C(/C)O.Cc1ccc2c(n1)oc1c(-c3ccc4cc(-c5c(C(C)C)cccc5C(C)C)sc4n3)[c-]ccc12.[Ir]. The second-order valence-electron chi connectivity index (χ2n) is 11.2. The van der Waals surface area contributed by atoms with E-state index in [1.165, 1.54) is 41.5 Å². The van der Waals surface area contributed by atoms with E-state index in [9.17, 15) is 4.79 Å². The number of aromatic nitrogens is 2. The molecule has 4 aromatic heterocycles. The molecule has 0 aliphatic rings. The van der Waals surface area contributed by atoms with Gasteiger partial charge in [0.15, 0.2) is 5.78 Å². The van der Waals surface area contributed by atoms with Crippen molar-refractivity contribution < 1.29 is 34.4 Å². The van der Waals surface area contributed by atoms with Crippen molar-refractivity contribution in [3.8, 4) is 21.7 Å². The zero-order chi connectivity index (χ0) is 30.1. The summed E-state index contributed by atoms with van der Waals surface area (Å²) < 4.78 is 6.21. The molecule has 43 heavy (non-hydrogen) atoms. The zero-order valence-electron chi connectivity index (χ0n) is 25.4. The molecule has 0 spiro atoms. The maximum atomic E-state index is 10.0. The number of aliphatic hydroxyl groups excluding tert-OH is 1. The number of allylic oxidation sites excluding steroid dienone is 2. The van der Waals surface area contributed by atoms with E-state index in [0.29, 0.717) is 17.5 Å². The van der Waals surface area contributed by atoms with E-state index in [1.807, 2.05) is 25.1 Å². The predicted molar refractivity (Wildman–Crippen MR) is 174 cm³/mol. The average Bonchev–Trinajstić information content (AvgIpc) is 3.52. The number of aliphatic hydroxyl groups is 1. The van der Waals surface area contributed by atoms with Gasteiger partial charge < -0.3 is 9.52 Å². The first-order chi connectivity index (χ1) is 20.0. The maximum absolute atomic E-state index is 10.0. The summed E-state index contributed by atoms with van der Waals surface area (Å²) in [5.41, 5.74) is 8.29. The van der Waals surface area contributed by atoms with Crippen molar-refractivity contribution in [3.05, 3.63) is 95.4 Å². The monoisotopic (exact) mass is 768 g/mol. The molecule has 1 radical (unpaired) electrons. The summed E-state index contributed by atoms with van der Waals surface area (Å²) in [6.07, 6.45) is 1.17. The molecular weight excluding hydrogens is 733 g/mol. The van der Waals surface area contributed by atoms with Crippen molar-refractivity contribution in [1.82, 2.24) is 9.97 Å². The van der Waals surface area contributed by atoms with E-state index in [-0.39, 0.29) is 31.6 Å². The molecule has 223 valence electrons. The van der Waals surface area contributed by atoms with Crippen LogP contribution < -0.4 is 0 Å². The van der Waals surface area contributed by atoms with Crippen molar-refractivity contribution >= 4 is 49.4 Å². The third-order valence-electron chi connectivity index (χ3n) is 7.11. The fourth-order valence-electron chi connectivity index (χ4n) is 5.21. The number of carbonyl (C=O) groups is 1. The van der Waals surface area contributed by atoms with Crippen LogP contribution in [0.3, 0.4) is 0 Å². The van der Waals surface area contributed by atoms with Gasteiger partial charge in [0.25, 0.3) is 0 Å². The zero-order valence-corrected chi connectivity index (χ0v) is 28.6. The van der Waals surface area contributed by atoms with Crippen molar-refractivity contribution in [2.75, 3.05) is 0 Å². The van der Waals surface area contributed by atoms with Crippen molar-refractivity contribution in [2.24, 2.45) is 0 Å². The number of ketones is 1. The van der Waals surface area contributed by atoms with E-state index in [4.69, 9.17) is 14.5 Å².